The van der Waals surface area contributed by atoms with Crippen LogP contribution in [0.4, 0.5) is 19.0 Å². The molecule has 0 unspecified atom stereocenters. The van der Waals surface area contributed by atoms with Gasteiger partial charge in [-0.25, -0.2) is 9.78 Å². The molecule has 0 amide bonds. The first-order valence-electron chi connectivity index (χ1n) is 5.61. The molecule has 0 atom stereocenters. The van der Waals surface area contributed by atoms with Crippen LogP contribution in [0.15, 0.2) is 6.07 Å². The second-order valence-electron chi connectivity index (χ2n) is 4.14. The van der Waals surface area contributed by atoms with Crippen molar-refractivity contribution in [3.05, 3.63) is 22.9 Å². The molecule has 19 heavy (non-hydrogen) atoms. The van der Waals surface area contributed by atoms with Crippen molar-refractivity contribution in [3.63, 3.8) is 0 Å². The monoisotopic (exact) mass is 276 g/mol. The SMILES string of the molecule is CCOC(=O)c1c(C)cc(C(F)(F)F)nc1N(C)C. The molecule has 7 heteroatoms. The Morgan fingerprint density at radius 3 is 2.42 bits per heavy atom. The molecule has 0 saturated heterocycles. The van der Waals surface area contributed by atoms with Gasteiger partial charge in [0.15, 0.2) is 0 Å². The summed E-state index contributed by atoms with van der Waals surface area (Å²) in [5, 5.41) is 0. The van der Waals surface area contributed by atoms with Crippen molar-refractivity contribution in [2.75, 3.05) is 25.6 Å². The lowest BCUT2D eigenvalue weighted by molar-refractivity contribution is -0.141. The van der Waals surface area contributed by atoms with E-state index < -0.39 is 17.8 Å². The molecule has 106 valence electrons. The van der Waals surface area contributed by atoms with Crippen LogP contribution in [0.2, 0.25) is 0 Å². The van der Waals surface area contributed by atoms with Crippen LogP contribution in [0.3, 0.4) is 0 Å². The second kappa shape index (κ2) is 5.46. The second-order valence-corrected chi connectivity index (χ2v) is 4.14. The third-order valence-electron chi connectivity index (χ3n) is 2.39. The smallest absolute Gasteiger partial charge is 0.433 e. The fourth-order valence-corrected chi connectivity index (χ4v) is 1.58. The maximum atomic E-state index is 12.7. The lowest BCUT2D eigenvalue weighted by atomic mass is 10.1. The average Bonchev–Trinajstić information content (AvgIpc) is 2.26. The van der Waals surface area contributed by atoms with Gasteiger partial charge >= 0.3 is 12.1 Å². The summed E-state index contributed by atoms with van der Waals surface area (Å²) in [7, 11) is 3.04. The molecule has 0 bridgehead atoms. The van der Waals surface area contributed by atoms with Crippen molar-refractivity contribution in [2.45, 2.75) is 20.0 Å². The minimum absolute atomic E-state index is 0.0502. The molecule has 0 radical (unpaired) electrons. The van der Waals surface area contributed by atoms with Crippen LogP contribution in [-0.2, 0) is 10.9 Å². The number of hydrogen-bond acceptors (Lipinski definition) is 4. The Morgan fingerprint density at radius 1 is 1.42 bits per heavy atom. The molecule has 0 spiro atoms. The molecule has 0 saturated carbocycles. The highest BCUT2D eigenvalue weighted by Crippen LogP contribution is 2.32. The van der Waals surface area contributed by atoms with E-state index >= 15 is 0 Å². The third kappa shape index (κ3) is 3.36. The number of aryl methyl sites for hydroxylation is 1. The lowest BCUT2D eigenvalue weighted by Crippen LogP contribution is -2.21. The molecule has 0 aliphatic heterocycles. The number of carbonyl (C=O) groups excluding carboxylic acids is 1. The molecule has 0 fully saturated rings. The molecule has 1 aromatic heterocycles. The van der Waals surface area contributed by atoms with Crippen molar-refractivity contribution >= 4 is 11.8 Å². The summed E-state index contributed by atoms with van der Waals surface area (Å²) >= 11 is 0. The minimum Gasteiger partial charge on any atom is -0.462 e. The Balaban J connectivity index is 3.44. The Labute approximate surface area is 109 Å². The summed E-state index contributed by atoms with van der Waals surface area (Å²) in [6.07, 6.45) is -4.55. The van der Waals surface area contributed by atoms with Crippen molar-refractivity contribution in [3.8, 4) is 0 Å². The quantitative estimate of drug-likeness (QED) is 0.796. The van der Waals surface area contributed by atoms with Crippen molar-refractivity contribution < 1.29 is 22.7 Å². The van der Waals surface area contributed by atoms with E-state index in [1.54, 1.807) is 6.92 Å². The zero-order chi connectivity index (χ0) is 14.8. The Kier molecular flexibility index (Phi) is 4.39. The first-order valence-corrected chi connectivity index (χ1v) is 5.61. The predicted molar refractivity (Wildman–Crippen MR) is 64.3 cm³/mol. The normalized spacial score (nSPS) is 11.3. The number of halogens is 3. The van der Waals surface area contributed by atoms with E-state index in [0.29, 0.717) is 0 Å². The van der Waals surface area contributed by atoms with Gasteiger partial charge in [-0.15, -0.1) is 0 Å². The van der Waals surface area contributed by atoms with Gasteiger partial charge in [0, 0.05) is 14.1 Å². The molecule has 1 rings (SSSR count). The Morgan fingerprint density at radius 2 is 2.00 bits per heavy atom. The molecular formula is C12H15F3N2O2. The zero-order valence-corrected chi connectivity index (χ0v) is 11.1. The van der Waals surface area contributed by atoms with Gasteiger partial charge in [0.2, 0.25) is 0 Å². The number of esters is 1. The van der Waals surface area contributed by atoms with E-state index in [1.807, 2.05) is 0 Å². The first kappa shape index (κ1) is 15.3. The van der Waals surface area contributed by atoms with E-state index in [0.717, 1.165) is 6.07 Å². The number of aromatic nitrogens is 1. The number of anilines is 1. The van der Waals surface area contributed by atoms with Gasteiger partial charge in [0.1, 0.15) is 17.1 Å². The molecule has 0 aliphatic rings. The van der Waals surface area contributed by atoms with Crippen LogP contribution >= 0.6 is 0 Å². The van der Waals surface area contributed by atoms with E-state index in [-0.39, 0.29) is 23.6 Å². The topological polar surface area (TPSA) is 42.4 Å². The van der Waals surface area contributed by atoms with Gasteiger partial charge in [0.25, 0.3) is 0 Å². The van der Waals surface area contributed by atoms with Crippen LogP contribution in [-0.4, -0.2) is 31.7 Å². The first-order chi connectivity index (χ1) is 8.68. The largest absolute Gasteiger partial charge is 0.462 e. The maximum absolute atomic E-state index is 12.7. The van der Waals surface area contributed by atoms with Gasteiger partial charge in [-0.3, -0.25) is 0 Å². The summed E-state index contributed by atoms with van der Waals surface area (Å²) in [6, 6.07) is 0.846. The van der Waals surface area contributed by atoms with E-state index in [4.69, 9.17) is 4.74 Å². The van der Waals surface area contributed by atoms with E-state index in [9.17, 15) is 18.0 Å². The highest BCUT2D eigenvalue weighted by Gasteiger charge is 2.35. The highest BCUT2D eigenvalue weighted by atomic mass is 19.4. The van der Waals surface area contributed by atoms with Gasteiger partial charge in [-0.2, -0.15) is 13.2 Å². The van der Waals surface area contributed by atoms with Crippen molar-refractivity contribution in [2.24, 2.45) is 0 Å². The van der Waals surface area contributed by atoms with E-state index in [2.05, 4.69) is 4.98 Å². The van der Waals surface area contributed by atoms with Gasteiger partial charge in [-0.05, 0) is 25.5 Å². The van der Waals surface area contributed by atoms with Crippen LogP contribution in [0.1, 0.15) is 28.5 Å². The molecule has 1 heterocycles. The Bertz CT molecular complexity index is 485. The fraction of sp³-hybridized carbons (Fsp3) is 0.500. The number of hydrogen-bond donors (Lipinski definition) is 0. The summed E-state index contributed by atoms with van der Waals surface area (Å²) < 4.78 is 42.9. The van der Waals surface area contributed by atoms with Crippen LogP contribution in [0.25, 0.3) is 0 Å². The fourth-order valence-electron chi connectivity index (χ4n) is 1.58. The average molecular weight is 276 g/mol. The molecule has 0 aliphatic carbocycles. The van der Waals surface area contributed by atoms with Crippen molar-refractivity contribution in [1.82, 2.24) is 4.98 Å². The maximum Gasteiger partial charge on any atom is 0.433 e. The highest BCUT2D eigenvalue weighted by molar-refractivity contribution is 5.96. The number of alkyl halides is 3. The van der Waals surface area contributed by atoms with E-state index in [1.165, 1.54) is 25.9 Å². The molecule has 0 aromatic carbocycles. The van der Waals surface area contributed by atoms with Gasteiger partial charge in [-0.1, -0.05) is 0 Å². The number of carbonyl (C=O) groups is 1. The lowest BCUT2D eigenvalue weighted by Gasteiger charge is -2.19. The number of pyridine rings is 1. The summed E-state index contributed by atoms with van der Waals surface area (Å²) in [6.45, 7) is 3.20. The Hall–Kier alpha value is -1.79. The number of rotatable bonds is 3. The summed E-state index contributed by atoms with van der Waals surface area (Å²) in [5.74, 6) is -0.726. The zero-order valence-electron chi connectivity index (χ0n) is 11.1. The van der Waals surface area contributed by atoms with Crippen LogP contribution in [0.5, 0.6) is 0 Å². The summed E-state index contributed by atoms with van der Waals surface area (Å²) in [4.78, 5) is 16.6. The number of nitrogens with zero attached hydrogens (tertiary/aromatic N) is 2. The molecular weight excluding hydrogens is 261 g/mol. The molecule has 4 nitrogen and oxygen atoms in total. The van der Waals surface area contributed by atoms with Gasteiger partial charge in [0.05, 0.1) is 6.61 Å². The van der Waals surface area contributed by atoms with Gasteiger partial charge < -0.3 is 9.64 Å². The minimum atomic E-state index is -4.55. The number of ether oxygens (including phenoxy) is 1. The third-order valence-corrected chi connectivity index (χ3v) is 2.39. The standard InChI is InChI=1S/C12H15F3N2O2/c1-5-19-11(18)9-7(2)6-8(12(13,14)15)16-10(9)17(3)4/h6H,5H2,1-4H3. The van der Waals surface area contributed by atoms with Crippen LogP contribution < -0.4 is 4.90 Å². The summed E-state index contributed by atoms with van der Waals surface area (Å²) in [5.41, 5.74) is -0.786. The molecule has 1 aromatic rings. The van der Waals surface area contributed by atoms with Crippen molar-refractivity contribution in [1.29, 1.82) is 0 Å². The van der Waals surface area contributed by atoms with Crippen LogP contribution in [0, 0.1) is 6.92 Å². The predicted octanol–water partition coefficient (Wildman–Crippen LogP) is 2.65. The molecule has 0 N–H and O–H groups in total.